The maximum atomic E-state index is 13.2. The van der Waals surface area contributed by atoms with Crippen LogP contribution in [0.25, 0.3) is 0 Å². The maximum absolute atomic E-state index is 13.2. The van der Waals surface area contributed by atoms with Crippen molar-refractivity contribution in [2.45, 2.75) is 24.7 Å². The number of benzene rings is 2. The molecule has 0 saturated carbocycles. The van der Waals surface area contributed by atoms with Gasteiger partial charge in [-0.3, -0.25) is 0 Å². The highest BCUT2D eigenvalue weighted by molar-refractivity contribution is 6.04. The lowest BCUT2D eigenvalue weighted by Crippen LogP contribution is -2.55. The van der Waals surface area contributed by atoms with Crippen molar-refractivity contribution in [3.05, 3.63) is 58.7 Å². The van der Waals surface area contributed by atoms with Crippen LogP contribution in [0.5, 0.6) is 0 Å². The Morgan fingerprint density at radius 2 is 0.667 bits per heavy atom. The van der Waals surface area contributed by atoms with Crippen LogP contribution in [-0.2, 0) is 24.7 Å². The first-order chi connectivity index (χ1) is 16.0. The average molecular weight is 542 g/mol. The van der Waals surface area contributed by atoms with Gasteiger partial charge in [0.05, 0.1) is 33.6 Å². The molecule has 0 aliphatic heterocycles. The third-order valence-electron chi connectivity index (χ3n) is 4.25. The second-order valence-electron chi connectivity index (χ2n) is 6.83. The first-order valence-corrected chi connectivity index (χ1v) is 8.81. The lowest BCUT2D eigenvalue weighted by atomic mass is 10.1. The predicted octanol–water partition coefficient (Wildman–Crippen LogP) is 6.15. The van der Waals surface area contributed by atoms with Crippen molar-refractivity contribution in [3.8, 4) is 0 Å². The molecule has 4 N–H and O–H groups in total. The fourth-order valence-electron chi connectivity index (χ4n) is 2.80. The van der Waals surface area contributed by atoms with Crippen molar-refractivity contribution >= 4 is 23.4 Å². The summed E-state index contributed by atoms with van der Waals surface area (Å²) in [6.07, 6.45) is -22.0. The minimum Gasteiger partial charge on any atom is -0.350 e. The number of hydrogen-bond acceptors (Lipinski definition) is 2. The van der Waals surface area contributed by atoms with E-state index in [1.807, 2.05) is 0 Å². The molecule has 2 rings (SSSR count). The quantitative estimate of drug-likeness (QED) is 0.352. The Labute approximate surface area is 191 Å². The number of urea groups is 2. The molecule has 0 fully saturated rings. The van der Waals surface area contributed by atoms with Crippen molar-refractivity contribution in [1.82, 2.24) is 0 Å². The van der Waals surface area contributed by atoms with Crippen molar-refractivity contribution < 1.29 is 62.3 Å². The number of anilines is 2. The zero-order valence-corrected chi connectivity index (χ0v) is 16.9. The Morgan fingerprint density at radius 3 is 0.806 bits per heavy atom. The summed E-state index contributed by atoms with van der Waals surface area (Å²) in [7, 11) is 0. The number of carbonyl (C=O) groups excluding carboxylic acids is 2. The van der Waals surface area contributed by atoms with Gasteiger partial charge in [-0.1, -0.05) is 0 Å². The third-order valence-corrected chi connectivity index (χ3v) is 4.25. The molecule has 18 heteroatoms. The maximum Gasteiger partial charge on any atom is 0.416 e. The predicted molar refractivity (Wildman–Crippen MR) is 97.0 cm³/mol. The molecule has 0 aliphatic carbocycles. The standard InChI is InChI=1S/C18H10F12N4O2/c19-15(20,21)7-1-8(16(22,23)24)4-11(3-7)33(13(31)35)34(14(32)36)12-5-9(17(25,26)27)2-10(6-12)18(28,29)30/h1-6H,(H2,31,35)(H2,32,36). The Morgan fingerprint density at radius 1 is 0.472 bits per heavy atom. The van der Waals surface area contributed by atoms with E-state index in [-0.39, 0.29) is 24.3 Å². The minimum absolute atomic E-state index is 0.159. The molecule has 0 atom stereocenters. The molecular formula is C18H10F12N4O2. The Hall–Kier alpha value is -3.86. The monoisotopic (exact) mass is 542 g/mol. The smallest absolute Gasteiger partial charge is 0.350 e. The van der Waals surface area contributed by atoms with Crippen LogP contribution in [0.2, 0.25) is 0 Å². The number of primary amides is 2. The van der Waals surface area contributed by atoms with Gasteiger partial charge in [-0.2, -0.15) is 62.7 Å². The van der Waals surface area contributed by atoms with Crippen LogP contribution < -0.4 is 21.5 Å². The number of nitrogens with zero attached hydrogens (tertiary/aromatic N) is 2. The number of hydrogen-bond donors (Lipinski definition) is 2. The third kappa shape index (κ3) is 6.22. The number of carbonyl (C=O) groups is 2. The Kier molecular flexibility index (Phi) is 7.08. The molecule has 4 amide bonds. The van der Waals surface area contributed by atoms with Gasteiger partial charge in [0.15, 0.2) is 0 Å². The summed E-state index contributed by atoms with van der Waals surface area (Å²) < 4.78 is 158. The first kappa shape index (κ1) is 28.4. The van der Waals surface area contributed by atoms with E-state index in [2.05, 4.69) is 0 Å². The number of nitrogens with two attached hydrogens (primary N) is 2. The number of amides is 4. The fraction of sp³-hybridized carbons (Fsp3) is 0.222. The summed E-state index contributed by atoms with van der Waals surface area (Å²) in [5.41, 5.74) is -1.34. The molecule has 0 bridgehead atoms. The van der Waals surface area contributed by atoms with Gasteiger partial charge in [-0.25, -0.2) is 9.59 Å². The molecule has 0 spiro atoms. The van der Waals surface area contributed by atoms with Crippen LogP contribution in [0, 0.1) is 0 Å². The first-order valence-electron chi connectivity index (χ1n) is 8.81. The largest absolute Gasteiger partial charge is 0.416 e. The van der Waals surface area contributed by atoms with Gasteiger partial charge >= 0.3 is 36.8 Å². The minimum atomic E-state index is -5.49. The summed E-state index contributed by atoms with van der Waals surface area (Å²) >= 11 is 0. The fourth-order valence-corrected chi connectivity index (χ4v) is 2.80. The topological polar surface area (TPSA) is 92.7 Å². The molecule has 0 radical (unpaired) electrons. The number of halogens is 12. The molecule has 0 heterocycles. The van der Waals surface area contributed by atoms with Crippen LogP contribution >= 0.6 is 0 Å². The lowest BCUT2D eigenvalue weighted by molar-refractivity contribution is -0.144. The number of hydrazine groups is 1. The van der Waals surface area contributed by atoms with E-state index in [1.54, 1.807) is 0 Å². The average Bonchev–Trinajstić information content (AvgIpc) is 2.68. The van der Waals surface area contributed by atoms with Gasteiger partial charge < -0.3 is 11.5 Å². The Balaban J connectivity index is 2.92. The molecule has 0 saturated heterocycles. The van der Waals surface area contributed by atoms with Crippen molar-refractivity contribution in [2.24, 2.45) is 11.5 Å². The second kappa shape index (κ2) is 8.98. The highest BCUT2D eigenvalue weighted by Gasteiger charge is 2.41. The van der Waals surface area contributed by atoms with E-state index in [0.717, 1.165) is 0 Å². The van der Waals surface area contributed by atoms with Crippen molar-refractivity contribution in [2.75, 3.05) is 10.0 Å². The molecule has 198 valence electrons. The summed E-state index contributed by atoms with van der Waals surface area (Å²) in [4.78, 5) is 24.0. The van der Waals surface area contributed by atoms with E-state index in [0.29, 0.717) is 0 Å². The van der Waals surface area contributed by atoms with E-state index in [1.165, 1.54) is 0 Å². The molecule has 2 aromatic carbocycles. The van der Waals surface area contributed by atoms with Gasteiger partial charge in [0, 0.05) is 0 Å². The Bertz CT molecular complexity index is 1010. The molecule has 0 unspecified atom stereocenters. The van der Waals surface area contributed by atoms with Gasteiger partial charge in [0.2, 0.25) is 0 Å². The van der Waals surface area contributed by atoms with Gasteiger partial charge in [-0.05, 0) is 36.4 Å². The van der Waals surface area contributed by atoms with Crippen LogP contribution in [0.1, 0.15) is 22.3 Å². The molecule has 0 aromatic heterocycles. The molecule has 2 aromatic rings. The van der Waals surface area contributed by atoms with Crippen LogP contribution in [0.4, 0.5) is 73.6 Å². The van der Waals surface area contributed by atoms with E-state index in [4.69, 9.17) is 11.5 Å². The highest BCUT2D eigenvalue weighted by Crippen LogP contribution is 2.41. The normalized spacial score (nSPS) is 12.9. The van der Waals surface area contributed by atoms with Crippen LogP contribution in [-0.4, -0.2) is 12.1 Å². The summed E-state index contributed by atoms with van der Waals surface area (Å²) in [6.45, 7) is 0. The van der Waals surface area contributed by atoms with E-state index < -0.39 is 92.5 Å². The summed E-state index contributed by atoms with van der Waals surface area (Å²) in [6, 6.07) is -5.61. The molecule has 0 aliphatic rings. The van der Waals surface area contributed by atoms with Crippen molar-refractivity contribution in [1.29, 1.82) is 0 Å². The number of alkyl halides is 12. The number of rotatable bonds is 2. The van der Waals surface area contributed by atoms with Crippen molar-refractivity contribution in [3.63, 3.8) is 0 Å². The highest BCUT2D eigenvalue weighted by atomic mass is 19.4. The SMILES string of the molecule is NC(=O)N(c1cc(C(F)(F)F)cc(C(F)(F)F)c1)N(C(N)=O)c1cc(C(F)(F)F)cc(C(F)(F)F)c1. The van der Waals surface area contributed by atoms with Gasteiger partial charge in [-0.15, -0.1) is 0 Å². The zero-order valence-electron chi connectivity index (χ0n) is 16.9. The molecular weight excluding hydrogens is 532 g/mol. The van der Waals surface area contributed by atoms with Crippen LogP contribution in [0.15, 0.2) is 36.4 Å². The molecule has 36 heavy (non-hydrogen) atoms. The summed E-state index contributed by atoms with van der Waals surface area (Å²) in [5, 5.41) is -1.08. The lowest BCUT2D eigenvalue weighted by Gasteiger charge is -2.33. The van der Waals surface area contributed by atoms with Crippen LogP contribution in [0.3, 0.4) is 0 Å². The summed E-state index contributed by atoms with van der Waals surface area (Å²) in [5.74, 6) is 0. The van der Waals surface area contributed by atoms with Gasteiger partial charge in [0.25, 0.3) is 0 Å². The second-order valence-corrected chi connectivity index (χ2v) is 6.83. The molecule has 6 nitrogen and oxygen atoms in total. The zero-order chi connectivity index (χ0) is 28.0. The van der Waals surface area contributed by atoms with E-state index in [9.17, 15) is 62.3 Å². The van der Waals surface area contributed by atoms with E-state index >= 15 is 0 Å². The van der Waals surface area contributed by atoms with Gasteiger partial charge in [0.1, 0.15) is 0 Å².